The lowest BCUT2D eigenvalue weighted by atomic mass is 9.94. The van der Waals surface area contributed by atoms with Crippen molar-refractivity contribution in [2.45, 2.75) is 54.9 Å². The predicted octanol–water partition coefficient (Wildman–Crippen LogP) is 6.97. The molecular weight excluding hydrogens is 240 g/mol. The number of rotatable bonds is 4. The number of hydrogen-bond acceptors (Lipinski definition) is 0. The molecule has 0 aliphatic carbocycles. The first-order chi connectivity index (χ1) is 9.74. The van der Waals surface area contributed by atoms with Gasteiger partial charge in [0.2, 0.25) is 0 Å². The minimum Gasteiger partial charge on any atom is -0.0988 e. The summed E-state index contributed by atoms with van der Waals surface area (Å²) in [4.78, 5) is 0. The fraction of sp³-hybridized carbons (Fsp3) is 0.400. The molecule has 0 radical (unpaired) electrons. The van der Waals surface area contributed by atoms with Crippen LogP contribution in [0.2, 0.25) is 0 Å². The summed E-state index contributed by atoms with van der Waals surface area (Å²) in [5, 5.41) is 0. The summed E-state index contributed by atoms with van der Waals surface area (Å²) in [5.74, 6) is 0. The highest BCUT2D eigenvalue weighted by Crippen LogP contribution is 2.25. The second kappa shape index (κ2) is 13.9. The average Bonchev–Trinajstić information content (AvgIpc) is 2.52. The monoisotopic (exact) mass is 272 g/mol. The van der Waals surface area contributed by atoms with Crippen molar-refractivity contribution in [2.75, 3.05) is 0 Å². The van der Waals surface area contributed by atoms with Crippen LogP contribution in [0.1, 0.15) is 59.1 Å². The van der Waals surface area contributed by atoms with Crippen LogP contribution in [-0.2, 0) is 0 Å². The van der Waals surface area contributed by atoms with E-state index in [0.717, 1.165) is 6.42 Å². The Kier molecular flexibility index (Phi) is 14.4. The number of aryl methyl sites for hydroxylation is 1. The molecule has 0 N–H and O–H groups in total. The highest BCUT2D eigenvalue weighted by Gasteiger charge is 2.04. The molecule has 0 aliphatic rings. The number of hydrogen-bond donors (Lipinski definition) is 0. The lowest BCUT2D eigenvalue weighted by molar-refractivity contribution is 1.15. The molecule has 0 nitrogen and oxygen atoms in total. The van der Waals surface area contributed by atoms with E-state index < -0.39 is 0 Å². The summed E-state index contributed by atoms with van der Waals surface area (Å²) in [7, 11) is 0. The highest BCUT2D eigenvalue weighted by molar-refractivity contribution is 5.79. The molecule has 1 rings (SSSR count). The Morgan fingerprint density at radius 1 is 1.10 bits per heavy atom. The van der Waals surface area contributed by atoms with Gasteiger partial charge in [0.1, 0.15) is 0 Å². The predicted molar refractivity (Wildman–Crippen MR) is 96.1 cm³/mol. The third-order valence-electron chi connectivity index (χ3n) is 2.74. The molecule has 0 aliphatic heterocycles. The summed E-state index contributed by atoms with van der Waals surface area (Å²) in [5.41, 5.74) is 5.20. The third-order valence-corrected chi connectivity index (χ3v) is 2.74. The molecule has 1 aromatic carbocycles. The van der Waals surface area contributed by atoms with Crippen LogP contribution in [0.15, 0.2) is 54.6 Å². The molecule has 0 heterocycles. The molecule has 0 atom stereocenters. The van der Waals surface area contributed by atoms with Crippen molar-refractivity contribution < 1.29 is 0 Å². The molecule has 20 heavy (non-hydrogen) atoms. The Hall–Kier alpha value is -1.56. The Labute approximate surface area is 126 Å². The molecule has 0 bridgehead atoms. The van der Waals surface area contributed by atoms with Gasteiger partial charge in [-0.05, 0) is 42.5 Å². The van der Waals surface area contributed by atoms with Crippen LogP contribution in [-0.4, -0.2) is 0 Å². The molecule has 0 heteroatoms. The fourth-order valence-electron chi connectivity index (χ4n) is 1.86. The van der Waals surface area contributed by atoms with Crippen LogP contribution < -0.4 is 0 Å². The molecule has 0 spiro atoms. The van der Waals surface area contributed by atoms with Crippen LogP contribution in [0.3, 0.4) is 0 Å². The fourth-order valence-corrected chi connectivity index (χ4v) is 1.86. The Morgan fingerprint density at radius 3 is 2.05 bits per heavy atom. The van der Waals surface area contributed by atoms with Gasteiger partial charge >= 0.3 is 0 Å². The Morgan fingerprint density at radius 2 is 1.65 bits per heavy atom. The summed E-state index contributed by atoms with van der Waals surface area (Å²) < 4.78 is 0. The lowest BCUT2D eigenvalue weighted by Gasteiger charge is -2.10. The summed E-state index contributed by atoms with van der Waals surface area (Å²) >= 11 is 0. The Balaban J connectivity index is 0. The topological polar surface area (TPSA) is 0 Å². The lowest BCUT2D eigenvalue weighted by Crippen LogP contribution is -1.90. The zero-order valence-corrected chi connectivity index (χ0v) is 14.5. The standard InChI is InChI=1S/C16H20.2C2H6/c1-5-10-16(14(6-2)7-3)15-12-9-8-11-13(15)4;2*1-2/h5-6,8-12H,2,7H2,1,3-4H3;2*1-2H3/b10-5-,16-14+;;. The van der Waals surface area contributed by atoms with E-state index in [1.54, 1.807) is 0 Å². The smallest absolute Gasteiger partial charge is 0.0152 e. The first-order valence-electron chi connectivity index (χ1n) is 7.78. The zero-order chi connectivity index (χ0) is 16.0. The molecule has 0 unspecified atom stereocenters. The summed E-state index contributed by atoms with van der Waals surface area (Å²) in [6.07, 6.45) is 7.23. The molecule has 1 aromatic rings. The van der Waals surface area contributed by atoms with Gasteiger partial charge in [-0.15, -0.1) is 0 Å². The highest BCUT2D eigenvalue weighted by atomic mass is 14.1. The van der Waals surface area contributed by atoms with Gasteiger partial charge in [0.05, 0.1) is 0 Å². The van der Waals surface area contributed by atoms with E-state index >= 15 is 0 Å². The average molecular weight is 272 g/mol. The normalized spacial score (nSPS) is 10.8. The van der Waals surface area contributed by atoms with Gasteiger partial charge in [-0.2, -0.15) is 0 Å². The van der Waals surface area contributed by atoms with Crippen LogP contribution >= 0.6 is 0 Å². The maximum Gasteiger partial charge on any atom is -0.0152 e. The molecular formula is C20H32. The van der Waals surface area contributed by atoms with Crippen LogP contribution in [0.4, 0.5) is 0 Å². The minimum atomic E-state index is 1.01. The first kappa shape index (κ1) is 20.8. The maximum atomic E-state index is 3.90. The largest absolute Gasteiger partial charge is 0.0988 e. The van der Waals surface area contributed by atoms with Crippen molar-refractivity contribution in [1.82, 2.24) is 0 Å². The van der Waals surface area contributed by atoms with E-state index in [9.17, 15) is 0 Å². The number of benzene rings is 1. The van der Waals surface area contributed by atoms with Crippen molar-refractivity contribution in [3.8, 4) is 0 Å². The first-order valence-corrected chi connectivity index (χ1v) is 7.78. The van der Waals surface area contributed by atoms with E-state index in [1.807, 2.05) is 33.8 Å². The second-order valence-corrected chi connectivity index (χ2v) is 3.81. The Bertz CT molecular complexity index is 419. The van der Waals surface area contributed by atoms with Crippen molar-refractivity contribution in [2.24, 2.45) is 0 Å². The molecule has 112 valence electrons. The third kappa shape index (κ3) is 6.56. The van der Waals surface area contributed by atoms with Crippen molar-refractivity contribution in [1.29, 1.82) is 0 Å². The van der Waals surface area contributed by atoms with Gasteiger partial charge in [0, 0.05) is 0 Å². The molecule has 0 saturated heterocycles. The summed E-state index contributed by atoms with van der Waals surface area (Å²) in [6.45, 7) is 18.3. The van der Waals surface area contributed by atoms with Gasteiger partial charge in [-0.3, -0.25) is 0 Å². The van der Waals surface area contributed by atoms with Gasteiger partial charge in [0.25, 0.3) is 0 Å². The van der Waals surface area contributed by atoms with Crippen LogP contribution in [0, 0.1) is 6.92 Å². The molecule has 0 saturated carbocycles. The molecule has 0 aromatic heterocycles. The van der Waals surface area contributed by atoms with E-state index in [2.05, 4.69) is 63.8 Å². The van der Waals surface area contributed by atoms with E-state index in [0.29, 0.717) is 0 Å². The van der Waals surface area contributed by atoms with Gasteiger partial charge < -0.3 is 0 Å². The van der Waals surface area contributed by atoms with Crippen LogP contribution in [0.5, 0.6) is 0 Å². The number of allylic oxidation sites excluding steroid dienone is 5. The quantitative estimate of drug-likeness (QED) is 0.519. The summed E-state index contributed by atoms with van der Waals surface area (Å²) in [6, 6.07) is 8.48. The molecule has 0 amide bonds. The zero-order valence-electron chi connectivity index (χ0n) is 14.5. The van der Waals surface area contributed by atoms with Crippen LogP contribution in [0.25, 0.3) is 5.57 Å². The molecule has 0 fully saturated rings. The van der Waals surface area contributed by atoms with Crippen molar-refractivity contribution in [3.05, 3.63) is 65.8 Å². The van der Waals surface area contributed by atoms with Gasteiger partial charge in [-0.1, -0.05) is 83.7 Å². The van der Waals surface area contributed by atoms with E-state index in [1.165, 1.54) is 22.3 Å². The van der Waals surface area contributed by atoms with Crippen molar-refractivity contribution >= 4 is 5.57 Å². The van der Waals surface area contributed by atoms with Gasteiger partial charge in [0.15, 0.2) is 0 Å². The van der Waals surface area contributed by atoms with Crippen molar-refractivity contribution in [3.63, 3.8) is 0 Å². The van der Waals surface area contributed by atoms with Gasteiger partial charge in [-0.25, -0.2) is 0 Å². The SMILES string of the molecule is C=C/C(CC)=C(/C=C\C)c1ccccc1C.CC.CC. The maximum absolute atomic E-state index is 3.90. The van der Waals surface area contributed by atoms with E-state index in [4.69, 9.17) is 0 Å². The minimum absolute atomic E-state index is 1.01. The van der Waals surface area contributed by atoms with E-state index in [-0.39, 0.29) is 0 Å². The second-order valence-electron chi connectivity index (χ2n) is 3.81.